The lowest BCUT2D eigenvalue weighted by Gasteiger charge is -2.00. The highest BCUT2D eigenvalue weighted by Gasteiger charge is 1.73. The number of carboxylic acid groups (broad SMARTS) is 1. The van der Waals surface area contributed by atoms with Crippen LogP contribution in [0.3, 0.4) is 0 Å². The van der Waals surface area contributed by atoms with Crippen molar-refractivity contribution in [2.24, 2.45) is 0 Å². The molecule has 0 bridgehead atoms. The first-order valence-corrected chi connectivity index (χ1v) is 3.04. The van der Waals surface area contributed by atoms with Crippen LogP contribution in [0.4, 0.5) is 0 Å². The average molecular weight is 145 g/mol. The van der Waals surface area contributed by atoms with E-state index in [0.29, 0.717) is 0 Å². The van der Waals surface area contributed by atoms with Gasteiger partial charge in [0.15, 0.2) is 0 Å². The second kappa shape index (κ2) is 8.17. The maximum Gasteiger partial charge on any atom is 0.327 e. The van der Waals surface area contributed by atoms with Gasteiger partial charge in [-0.25, -0.2) is 4.79 Å². The summed E-state index contributed by atoms with van der Waals surface area (Å²) < 4.78 is 0. The van der Waals surface area contributed by atoms with Gasteiger partial charge in [0.25, 0.3) is 0 Å². The van der Waals surface area contributed by atoms with E-state index < -0.39 is 5.97 Å². The molecule has 0 radical (unpaired) electrons. The van der Waals surface area contributed by atoms with Crippen LogP contribution >= 0.6 is 0 Å². The molecule has 0 unspecified atom stereocenters. The summed E-state index contributed by atoms with van der Waals surface area (Å²) in [4.78, 5) is 11.4. The van der Waals surface area contributed by atoms with Crippen molar-refractivity contribution in [1.29, 1.82) is 0 Å². The van der Waals surface area contributed by atoms with Gasteiger partial charge in [-0.1, -0.05) is 13.5 Å². The van der Waals surface area contributed by atoms with Crippen molar-refractivity contribution in [1.82, 2.24) is 4.90 Å². The molecule has 3 nitrogen and oxygen atoms in total. The van der Waals surface area contributed by atoms with E-state index in [9.17, 15) is 4.79 Å². The lowest BCUT2D eigenvalue weighted by molar-refractivity contribution is -0.131. The van der Waals surface area contributed by atoms with E-state index in [1.807, 2.05) is 0 Å². The molecule has 0 aromatic rings. The maximum atomic E-state index is 9.25. The minimum absolute atomic E-state index is 0.833. The first-order valence-electron chi connectivity index (χ1n) is 3.04. The van der Waals surface area contributed by atoms with Crippen molar-refractivity contribution in [3.8, 4) is 0 Å². The Morgan fingerprint density at radius 3 is 1.90 bits per heavy atom. The third-order valence-corrected chi connectivity index (χ3v) is 0.807. The maximum absolute atomic E-state index is 9.25. The Morgan fingerprint density at radius 1 is 1.70 bits per heavy atom. The zero-order valence-corrected chi connectivity index (χ0v) is 6.79. The Kier molecular flexibility index (Phi) is 9.73. The summed E-state index contributed by atoms with van der Waals surface area (Å²) in [5.74, 6) is -0.981. The van der Waals surface area contributed by atoms with Crippen LogP contribution < -0.4 is 0 Å². The van der Waals surface area contributed by atoms with Crippen molar-refractivity contribution in [2.75, 3.05) is 20.6 Å². The predicted molar refractivity (Wildman–Crippen MR) is 42.1 cm³/mol. The zero-order valence-electron chi connectivity index (χ0n) is 6.79. The lowest BCUT2D eigenvalue weighted by Crippen LogP contribution is -2.08. The average Bonchev–Trinajstić information content (AvgIpc) is 1.89. The van der Waals surface area contributed by atoms with Crippen LogP contribution in [0, 0.1) is 0 Å². The molecule has 3 heteroatoms. The van der Waals surface area contributed by atoms with Crippen molar-refractivity contribution in [3.63, 3.8) is 0 Å². The highest BCUT2D eigenvalue weighted by atomic mass is 16.4. The third kappa shape index (κ3) is 27.2. The number of carbonyl (C=O) groups is 1. The van der Waals surface area contributed by atoms with Crippen molar-refractivity contribution in [2.45, 2.75) is 6.92 Å². The molecule has 0 fully saturated rings. The molecule has 0 rings (SSSR count). The van der Waals surface area contributed by atoms with Gasteiger partial charge in [-0.15, -0.1) is 0 Å². The molecule has 0 atom stereocenters. The molecule has 0 aliphatic rings. The minimum Gasteiger partial charge on any atom is -0.478 e. The van der Waals surface area contributed by atoms with Crippen molar-refractivity contribution >= 4 is 5.97 Å². The SMILES string of the molecule is C=CC(=O)O.CCN(C)C. The van der Waals surface area contributed by atoms with Gasteiger partial charge in [-0.2, -0.15) is 0 Å². The van der Waals surface area contributed by atoms with E-state index in [-0.39, 0.29) is 0 Å². The Labute approximate surface area is 62.0 Å². The summed E-state index contributed by atoms with van der Waals surface area (Å²) in [6.45, 7) is 6.22. The quantitative estimate of drug-likeness (QED) is 0.585. The molecule has 1 N–H and O–H groups in total. The fourth-order valence-electron chi connectivity index (χ4n) is 0. The number of hydrogen-bond donors (Lipinski definition) is 1. The first-order chi connectivity index (χ1) is 4.54. The van der Waals surface area contributed by atoms with Gasteiger partial charge in [-0.05, 0) is 20.6 Å². The molecule has 0 heterocycles. The first kappa shape index (κ1) is 11.9. The summed E-state index contributed by atoms with van der Waals surface area (Å²) in [6, 6.07) is 0. The fraction of sp³-hybridized carbons (Fsp3) is 0.571. The number of rotatable bonds is 2. The van der Waals surface area contributed by atoms with E-state index in [1.165, 1.54) is 0 Å². The summed E-state index contributed by atoms with van der Waals surface area (Å²) in [6.07, 6.45) is 0.833. The van der Waals surface area contributed by atoms with Crippen LogP contribution in [0.15, 0.2) is 12.7 Å². The van der Waals surface area contributed by atoms with Crippen LogP contribution in [0.5, 0.6) is 0 Å². The Hall–Kier alpha value is -0.830. The van der Waals surface area contributed by atoms with E-state index in [1.54, 1.807) is 0 Å². The largest absolute Gasteiger partial charge is 0.478 e. The lowest BCUT2D eigenvalue weighted by atomic mass is 10.7. The normalized spacial score (nSPS) is 8.00. The molecule has 0 amide bonds. The predicted octanol–water partition coefficient (Wildman–Crippen LogP) is 0.825. The molecule has 0 spiro atoms. The Balaban J connectivity index is 0. The number of aliphatic carboxylic acids is 1. The highest BCUT2D eigenvalue weighted by Crippen LogP contribution is 1.63. The highest BCUT2D eigenvalue weighted by molar-refractivity contribution is 5.78. The minimum atomic E-state index is -0.981. The van der Waals surface area contributed by atoms with Crippen molar-refractivity contribution in [3.05, 3.63) is 12.7 Å². The number of nitrogens with zero attached hydrogens (tertiary/aromatic N) is 1. The summed E-state index contributed by atoms with van der Waals surface area (Å²) in [5.41, 5.74) is 0. The van der Waals surface area contributed by atoms with Gasteiger partial charge in [0, 0.05) is 6.08 Å². The molecule has 0 saturated carbocycles. The molecule has 0 aliphatic heterocycles. The van der Waals surface area contributed by atoms with Crippen LogP contribution in [0.25, 0.3) is 0 Å². The van der Waals surface area contributed by atoms with Gasteiger partial charge in [-0.3, -0.25) is 0 Å². The van der Waals surface area contributed by atoms with Crippen LogP contribution in [-0.4, -0.2) is 36.6 Å². The van der Waals surface area contributed by atoms with Crippen molar-refractivity contribution < 1.29 is 9.90 Å². The molecular weight excluding hydrogens is 130 g/mol. The van der Waals surface area contributed by atoms with E-state index in [4.69, 9.17) is 5.11 Å². The summed E-state index contributed by atoms with van der Waals surface area (Å²) in [7, 11) is 4.11. The molecule has 10 heavy (non-hydrogen) atoms. The van der Waals surface area contributed by atoms with E-state index in [0.717, 1.165) is 12.6 Å². The van der Waals surface area contributed by atoms with Gasteiger partial charge in [0.2, 0.25) is 0 Å². The molecule has 0 aromatic carbocycles. The summed E-state index contributed by atoms with van der Waals surface area (Å²) >= 11 is 0. The summed E-state index contributed by atoms with van der Waals surface area (Å²) in [5, 5.41) is 7.60. The van der Waals surface area contributed by atoms with Gasteiger partial charge >= 0.3 is 5.97 Å². The molecule has 60 valence electrons. The van der Waals surface area contributed by atoms with Crippen LogP contribution in [0.1, 0.15) is 6.92 Å². The van der Waals surface area contributed by atoms with Gasteiger partial charge in [0.1, 0.15) is 0 Å². The van der Waals surface area contributed by atoms with E-state index >= 15 is 0 Å². The topological polar surface area (TPSA) is 40.5 Å². The third-order valence-electron chi connectivity index (χ3n) is 0.807. The van der Waals surface area contributed by atoms with E-state index in [2.05, 4.69) is 32.5 Å². The molecule has 0 aromatic heterocycles. The fourth-order valence-corrected chi connectivity index (χ4v) is 0. The Bertz CT molecular complexity index is 99.8. The Morgan fingerprint density at radius 2 is 1.90 bits per heavy atom. The van der Waals surface area contributed by atoms with Crippen LogP contribution in [0.2, 0.25) is 0 Å². The molecular formula is C7H15NO2. The monoisotopic (exact) mass is 145 g/mol. The van der Waals surface area contributed by atoms with Gasteiger partial charge < -0.3 is 10.0 Å². The number of carboxylic acids is 1. The second-order valence-electron chi connectivity index (χ2n) is 1.94. The standard InChI is InChI=1S/C4H11N.C3H4O2/c1-4-5(2)3;1-2-3(4)5/h4H2,1-3H3;2H,1H2,(H,4,5). The smallest absolute Gasteiger partial charge is 0.327 e. The molecule has 0 saturated heterocycles. The van der Waals surface area contributed by atoms with Crippen LogP contribution in [-0.2, 0) is 4.79 Å². The zero-order chi connectivity index (χ0) is 8.57. The second-order valence-corrected chi connectivity index (χ2v) is 1.94. The van der Waals surface area contributed by atoms with Gasteiger partial charge in [0.05, 0.1) is 0 Å². The molecule has 0 aliphatic carbocycles. The number of hydrogen-bond acceptors (Lipinski definition) is 2.